The standard InChI is InChI=1S/C12H10IN3OS/c1-7-6-18-11(16-7)5-17-12-9(13)2-8(4-14)3-10(12)15/h2-3,6H,5,15H2,1H3. The molecule has 0 fully saturated rings. The highest BCUT2D eigenvalue weighted by Crippen LogP contribution is 2.30. The number of nitrogen functional groups attached to an aromatic ring is 1. The molecule has 0 aliphatic heterocycles. The van der Waals surface area contributed by atoms with E-state index < -0.39 is 0 Å². The molecule has 1 aromatic heterocycles. The number of aromatic nitrogens is 1. The largest absolute Gasteiger partial charge is 0.483 e. The molecule has 0 aliphatic carbocycles. The maximum Gasteiger partial charge on any atom is 0.156 e. The third-order valence-corrected chi connectivity index (χ3v) is 3.95. The summed E-state index contributed by atoms with van der Waals surface area (Å²) in [6, 6.07) is 5.43. The van der Waals surface area contributed by atoms with Gasteiger partial charge in [0.15, 0.2) is 5.75 Å². The first-order valence-corrected chi connectivity index (χ1v) is 7.09. The Balaban J connectivity index is 2.17. The fourth-order valence-corrected chi connectivity index (χ4v) is 2.92. The van der Waals surface area contributed by atoms with Gasteiger partial charge in [-0.15, -0.1) is 11.3 Å². The summed E-state index contributed by atoms with van der Waals surface area (Å²) in [5, 5.41) is 11.7. The zero-order valence-corrected chi connectivity index (χ0v) is 12.6. The molecular formula is C12H10IN3OS. The SMILES string of the molecule is Cc1csc(COc2c(N)cc(C#N)cc2I)n1. The summed E-state index contributed by atoms with van der Waals surface area (Å²) in [5.41, 5.74) is 7.87. The Kier molecular flexibility index (Phi) is 4.04. The van der Waals surface area contributed by atoms with Crippen LogP contribution in [0.2, 0.25) is 0 Å². The number of nitrogens with zero attached hydrogens (tertiary/aromatic N) is 2. The second-order valence-electron chi connectivity index (χ2n) is 3.66. The van der Waals surface area contributed by atoms with E-state index in [2.05, 4.69) is 33.6 Å². The molecule has 0 saturated heterocycles. The van der Waals surface area contributed by atoms with Gasteiger partial charge < -0.3 is 10.5 Å². The van der Waals surface area contributed by atoms with Crippen LogP contribution in [0.4, 0.5) is 5.69 Å². The highest BCUT2D eigenvalue weighted by molar-refractivity contribution is 14.1. The molecule has 4 nitrogen and oxygen atoms in total. The number of rotatable bonds is 3. The fraction of sp³-hybridized carbons (Fsp3) is 0.167. The quantitative estimate of drug-likeness (QED) is 0.665. The fourth-order valence-electron chi connectivity index (χ4n) is 1.43. The van der Waals surface area contributed by atoms with Gasteiger partial charge in [0, 0.05) is 11.1 Å². The van der Waals surface area contributed by atoms with Crippen LogP contribution in [0.1, 0.15) is 16.3 Å². The first-order valence-electron chi connectivity index (χ1n) is 5.13. The van der Waals surface area contributed by atoms with Crippen molar-refractivity contribution in [3.8, 4) is 11.8 Å². The summed E-state index contributed by atoms with van der Waals surface area (Å²) in [6.45, 7) is 2.34. The maximum absolute atomic E-state index is 8.83. The molecule has 2 aromatic rings. The molecular weight excluding hydrogens is 361 g/mol. The molecule has 0 atom stereocenters. The number of ether oxygens (including phenoxy) is 1. The molecule has 0 saturated carbocycles. The predicted molar refractivity (Wildman–Crippen MR) is 79.5 cm³/mol. The molecule has 1 heterocycles. The molecule has 0 bridgehead atoms. The summed E-state index contributed by atoms with van der Waals surface area (Å²) in [6.07, 6.45) is 0. The van der Waals surface area contributed by atoms with E-state index in [0.717, 1.165) is 14.3 Å². The van der Waals surface area contributed by atoms with Gasteiger partial charge in [0.2, 0.25) is 0 Å². The number of hydrogen-bond acceptors (Lipinski definition) is 5. The Morgan fingerprint density at radius 2 is 2.33 bits per heavy atom. The van der Waals surface area contributed by atoms with Crippen LogP contribution in [-0.4, -0.2) is 4.98 Å². The zero-order chi connectivity index (χ0) is 13.1. The van der Waals surface area contributed by atoms with Crippen molar-refractivity contribution in [2.75, 3.05) is 5.73 Å². The lowest BCUT2D eigenvalue weighted by atomic mass is 10.2. The molecule has 18 heavy (non-hydrogen) atoms. The lowest BCUT2D eigenvalue weighted by Crippen LogP contribution is -2.01. The molecule has 0 amide bonds. The minimum Gasteiger partial charge on any atom is -0.483 e. The topological polar surface area (TPSA) is 71.9 Å². The van der Waals surface area contributed by atoms with Gasteiger partial charge in [-0.2, -0.15) is 5.26 Å². The van der Waals surface area contributed by atoms with E-state index in [9.17, 15) is 0 Å². The summed E-state index contributed by atoms with van der Waals surface area (Å²) in [5.74, 6) is 0.613. The van der Waals surface area contributed by atoms with Crippen LogP contribution in [0, 0.1) is 21.8 Å². The zero-order valence-electron chi connectivity index (χ0n) is 9.61. The van der Waals surface area contributed by atoms with Gasteiger partial charge in [0.1, 0.15) is 11.6 Å². The van der Waals surface area contributed by atoms with E-state index in [0.29, 0.717) is 23.6 Å². The van der Waals surface area contributed by atoms with Crippen molar-refractivity contribution in [3.05, 3.63) is 37.3 Å². The lowest BCUT2D eigenvalue weighted by molar-refractivity contribution is 0.305. The van der Waals surface area contributed by atoms with E-state index in [-0.39, 0.29) is 0 Å². The van der Waals surface area contributed by atoms with Crippen LogP contribution in [-0.2, 0) is 6.61 Å². The van der Waals surface area contributed by atoms with E-state index in [1.807, 2.05) is 12.3 Å². The summed E-state index contributed by atoms with van der Waals surface area (Å²) in [7, 11) is 0. The van der Waals surface area contributed by atoms with Gasteiger partial charge in [0.25, 0.3) is 0 Å². The second kappa shape index (κ2) is 5.54. The van der Waals surface area contributed by atoms with Crippen molar-refractivity contribution in [3.63, 3.8) is 0 Å². The number of anilines is 1. The smallest absolute Gasteiger partial charge is 0.156 e. The van der Waals surface area contributed by atoms with Crippen molar-refractivity contribution < 1.29 is 4.74 Å². The van der Waals surface area contributed by atoms with Crippen LogP contribution >= 0.6 is 33.9 Å². The van der Waals surface area contributed by atoms with Crippen molar-refractivity contribution in [2.45, 2.75) is 13.5 Å². The average molecular weight is 371 g/mol. The van der Waals surface area contributed by atoms with Gasteiger partial charge in [-0.25, -0.2) is 4.98 Å². The monoisotopic (exact) mass is 371 g/mol. The average Bonchev–Trinajstić information content (AvgIpc) is 2.73. The number of thiazole rings is 1. The molecule has 0 unspecified atom stereocenters. The van der Waals surface area contributed by atoms with Crippen LogP contribution in [0.15, 0.2) is 17.5 Å². The van der Waals surface area contributed by atoms with Crippen LogP contribution < -0.4 is 10.5 Å². The molecule has 1 aromatic carbocycles. The highest BCUT2D eigenvalue weighted by atomic mass is 127. The maximum atomic E-state index is 8.83. The van der Waals surface area contributed by atoms with Crippen molar-refractivity contribution in [1.29, 1.82) is 5.26 Å². The number of halogens is 1. The number of benzene rings is 1. The summed E-state index contributed by atoms with van der Waals surface area (Å²) < 4.78 is 6.50. The Bertz CT molecular complexity index is 595. The van der Waals surface area contributed by atoms with Gasteiger partial charge in [-0.05, 0) is 41.6 Å². The first-order chi connectivity index (χ1) is 8.60. The van der Waals surface area contributed by atoms with E-state index >= 15 is 0 Å². The van der Waals surface area contributed by atoms with Gasteiger partial charge >= 0.3 is 0 Å². The van der Waals surface area contributed by atoms with E-state index in [4.69, 9.17) is 15.7 Å². The minimum absolute atomic E-state index is 0.393. The Labute approximate surface area is 123 Å². The normalized spacial score (nSPS) is 10.1. The third-order valence-electron chi connectivity index (χ3n) is 2.21. The summed E-state index contributed by atoms with van der Waals surface area (Å²) >= 11 is 3.67. The van der Waals surface area contributed by atoms with Gasteiger partial charge in [-0.1, -0.05) is 0 Å². The number of nitrogens with two attached hydrogens (primary N) is 1. The molecule has 6 heteroatoms. The lowest BCUT2D eigenvalue weighted by Gasteiger charge is -2.10. The van der Waals surface area contributed by atoms with E-state index in [1.165, 1.54) is 0 Å². The third kappa shape index (κ3) is 2.91. The number of nitriles is 1. The number of aryl methyl sites for hydroxylation is 1. The number of hydrogen-bond donors (Lipinski definition) is 1. The molecule has 2 N–H and O–H groups in total. The van der Waals surface area contributed by atoms with Crippen molar-refractivity contribution in [1.82, 2.24) is 4.98 Å². The van der Waals surface area contributed by atoms with Gasteiger partial charge in [0.05, 0.1) is 20.9 Å². The van der Waals surface area contributed by atoms with Crippen LogP contribution in [0.3, 0.4) is 0 Å². The molecule has 2 rings (SSSR count). The molecule has 0 spiro atoms. The van der Waals surface area contributed by atoms with Crippen LogP contribution in [0.25, 0.3) is 0 Å². The predicted octanol–water partition coefficient (Wildman–Crippen LogP) is 3.09. The highest BCUT2D eigenvalue weighted by Gasteiger charge is 2.09. The first kappa shape index (κ1) is 13.1. The molecule has 0 aliphatic rings. The Hall–Kier alpha value is -1.33. The van der Waals surface area contributed by atoms with Crippen molar-refractivity contribution >= 4 is 39.6 Å². The second-order valence-corrected chi connectivity index (χ2v) is 5.76. The van der Waals surface area contributed by atoms with E-state index in [1.54, 1.807) is 23.5 Å². The minimum atomic E-state index is 0.393. The van der Waals surface area contributed by atoms with Crippen molar-refractivity contribution in [2.24, 2.45) is 0 Å². The molecule has 92 valence electrons. The Morgan fingerprint density at radius 3 is 2.89 bits per heavy atom. The molecule has 0 radical (unpaired) electrons. The Morgan fingerprint density at radius 1 is 1.56 bits per heavy atom. The summed E-state index contributed by atoms with van der Waals surface area (Å²) in [4.78, 5) is 4.32. The van der Waals surface area contributed by atoms with Gasteiger partial charge in [-0.3, -0.25) is 0 Å². The van der Waals surface area contributed by atoms with Crippen LogP contribution in [0.5, 0.6) is 5.75 Å².